The minimum absolute atomic E-state index is 0.365. The number of nitrogens with two attached hydrogens (primary N) is 2. The van der Waals surface area contributed by atoms with Gasteiger partial charge in [-0.05, 0) is 0 Å². The Labute approximate surface area is 71.1 Å². The van der Waals surface area contributed by atoms with Crippen LogP contribution in [0.2, 0.25) is 0 Å². The molecule has 0 bridgehead atoms. The molecule has 7 N–H and O–H groups in total. The topological polar surface area (TPSA) is 130 Å². The normalized spacial score (nSPS) is 7.33. The van der Waals surface area contributed by atoms with Gasteiger partial charge in [0.1, 0.15) is 6.10 Å². The van der Waals surface area contributed by atoms with E-state index in [-0.39, 0.29) is 13.2 Å². The molecule has 0 spiro atoms. The summed E-state index contributed by atoms with van der Waals surface area (Å²) in [5, 5.41) is 24.0. The third kappa shape index (κ3) is 66.3. The zero-order chi connectivity index (χ0) is 10.6. The van der Waals surface area contributed by atoms with Crippen molar-refractivity contribution in [3.8, 4) is 0 Å². The first-order valence-electron chi connectivity index (χ1n) is 2.99. The zero-order valence-corrected chi connectivity index (χ0v) is 6.81. The standard InChI is InChI=1S/C3H8O3.C2H4.CH4N2O/c4-1-3(6)2-5;1-2;2-1(3)4/h3-6H,1-2H2;1-2H2;(H4,2,3,4). The molecule has 0 aromatic carbocycles. The quantitative estimate of drug-likeness (QED) is 0.319. The molecule has 0 heterocycles. The number of carbonyl (C=O) groups excluding carboxylic acids is 1. The highest BCUT2D eigenvalue weighted by atomic mass is 16.3. The molecule has 12 heavy (non-hydrogen) atoms. The van der Waals surface area contributed by atoms with Crippen molar-refractivity contribution in [3.05, 3.63) is 13.2 Å². The number of rotatable bonds is 2. The van der Waals surface area contributed by atoms with Gasteiger partial charge in [-0.2, -0.15) is 0 Å². The van der Waals surface area contributed by atoms with Crippen molar-refractivity contribution in [2.75, 3.05) is 13.2 Å². The summed E-state index contributed by atoms with van der Waals surface area (Å²) in [5.74, 6) is 0. The summed E-state index contributed by atoms with van der Waals surface area (Å²) in [6, 6.07) is -0.833. The van der Waals surface area contributed by atoms with E-state index in [1.54, 1.807) is 0 Å². The Morgan fingerprint density at radius 1 is 1.25 bits per heavy atom. The van der Waals surface area contributed by atoms with Crippen LogP contribution in [0, 0.1) is 0 Å². The lowest BCUT2D eigenvalue weighted by molar-refractivity contribution is 0.0450. The van der Waals surface area contributed by atoms with Gasteiger partial charge in [-0.15, -0.1) is 13.2 Å². The van der Waals surface area contributed by atoms with Crippen molar-refractivity contribution in [2.45, 2.75) is 6.10 Å². The van der Waals surface area contributed by atoms with Gasteiger partial charge in [-0.1, -0.05) is 0 Å². The first kappa shape index (κ1) is 17.1. The van der Waals surface area contributed by atoms with Crippen molar-refractivity contribution in [1.29, 1.82) is 0 Å². The Hall–Kier alpha value is -1.11. The van der Waals surface area contributed by atoms with Crippen LogP contribution in [0.3, 0.4) is 0 Å². The Morgan fingerprint density at radius 2 is 1.42 bits per heavy atom. The molecular weight excluding hydrogens is 164 g/mol. The van der Waals surface area contributed by atoms with Gasteiger partial charge >= 0.3 is 6.03 Å². The predicted octanol–water partition coefficient (Wildman–Crippen LogP) is -1.84. The Morgan fingerprint density at radius 3 is 1.42 bits per heavy atom. The van der Waals surface area contributed by atoms with E-state index in [0.717, 1.165) is 0 Å². The fraction of sp³-hybridized carbons (Fsp3) is 0.500. The molecule has 0 aliphatic carbocycles. The monoisotopic (exact) mass is 180 g/mol. The summed E-state index contributed by atoms with van der Waals surface area (Å²) >= 11 is 0. The van der Waals surface area contributed by atoms with E-state index in [9.17, 15) is 0 Å². The lowest BCUT2D eigenvalue weighted by Gasteiger charge is -1.96. The lowest BCUT2D eigenvalue weighted by Crippen LogP contribution is -2.18. The van der Waals surface area contributed by atoms with E-state index in [2.05, 4.69) is 24.6 Å². The first-order chi connectivity index (χ1) is 5.54. The number of primary amides is 2. The van der Waals surface area contributed by atoms with Gasteiger partial charge in [0.15, 0.2) is 0 Å². The molecule has 0 aliphatic rings. The van der Waals surface area contributed by atoms with E-state index < -0.39 is 12.1 Å². The molecule has 0 saturated carbocycles. The van der Waals surface area contributed by atoms with Crippen LogP contribution in [0.25, 0.3) is 0 Å². The van der Waals surface area contributed by atoms with Crippen LogP contribution in [0.5, 0.6) is 0 Å². The van der Waals surface area contributed by atoms with Crippen LogP contribution in [0.4, 0.5) is 4.79 Å². The smallest absolute Gasteiger partial charge is 0.309 e. The van der Waals surface area contributed by atoms with Gasteiger partial charge in [-0.3, -0.25) is 0 Å². The third-order valence-corrected chi connectivity index (χ3v) is 0.421. The van der Waals surface area contributed by atoms with Crippen molar-refractivity contribution in [1.82, 2.24) is 0 Å². The molecule has 0 aliphatic heterocycles. The highest BCUT2D eigenvalue weighted by molar-refractivity contribution is 5.69. The SMILES string of the molecule is C=C.NC(N)=O.OCC(O)CO. The number of hydrogen-bond donors (Lipinski definition) is 5. The highest BCUT2D eigenvalue weighted by Gasteiger charge is 1.93. The molecule has 0 atom stereocenters. The van der Waals surface area contributed by atoms with Gasteiger partial charge in [0.2, 0.25) is 0 Å². The van der Waals surface area contributed by atoms with Crippen LogP contribution < -0.4 is 11.5 Å². The molecule has 0 aromatic rings. The van der Waals surface area contributed by atoms with Crippen LogP contribution in [0.15, 0.2) is 13.2 Å². The van der Waals surface area contributed by atoms with E-state index in [0.29, 0.717) is 0 Å². The molecule has 6 nitrogen and oxygen atoms in total. The molecule has 0 radical (unpaired) electrons. The summed E-state index contributed by atoms with van der Waals surface area (Å²) in [6.45, 7) is 5.27. The van der Waals surface area contributed by atoms with Crippen molar-refractivity contribution in [3.63, 3.8) is 0 Å². The molecule has 0 unspecified atom stereocenters. The summed E-state index contributed by atoms with van der Waals surface area (Å²) in [6.07, 6.45) is -0.954. The summed E-state index contributed by atoms with van der Waals surface area (Å²) in [5.41, 5.74) is 8.50. The summed E-state index contributed by atoms with van der Waals surface area (Å²) < 4.78 is 0. The van der Waals surface area contributed by atoms with Crippen LogP contribution in [-0.2, 0) is 0 Å². The van der Waals surface area contributed by atoms with E-state index in [1.807, 2.05) is 0 Å². The van der Waals surface area contributed by atoms with Crippen LogP contribution in [-0.4, -0.2) is 40.7 Å². The van der Waals surface area contributed by atoms with Gasteiger partial charge in [0.25, 0.3) is 0 Å². The molecule has 6 heteroatoms. The van der Waals surface area contributed by atoms with Crippen molar-refractivity contribution < 1.29 is 20.1 Å². The van der Waals surface area contributed by atoms with E-state index in [4.69, 9.17) is 20.1 Å². The largest absolute Gasteiger partial charge is 0.394 e. The maximum atomic E-state index is 9.00. The van der Waals surface area contributed by atoms with Crippen molar-refractivity contribution >= 4 is 6.03 Å². The van der Waals surface area contributed by atoms with E-state index >= 15 is 0 Å². The second-order valence-corrected chi connectivity index (χ2v) is 1.42. The molecule has 0 aromatic heterocycles. The molecule has 2 amide bonds. The third-order valence-electron chi connectivity index (χ3n) is 0.421. The second kappa shape index (κ2) is 16.5. The molecule has 0 rings (SSSR count). The number of aliphatic hydroxyl groups excluding tert-OH is 3. The Bertz CT molecular complexity index is 91.5. The number of amides is 2. The maximum absolute atomic E-state index is 9.00. The zero-order valence-electron chi connectivity index (χ0n) is 6.81. The van der Waals surface area contributed by atoms with Gasteiger partial charge in [0.05, 0.1) is 13.2 Å². The molecule has 74 valence electrons. The minimum Gasteiger partial charge on any atom is -0.394 e. The predicted molar refractivity (Wildman–Crippen MR) is 45.2 cm³/mol. The van der Waals surface area contributed by atoms with Gasteiger partial charge in [-0.25, -0.2) is 4.79 Å². The molecule has 0 saturated heterocycles. The van der Waals surface area contributed by atoms with Gasteiger partial charge < -0.3 is 26.8 Å². The Balaban J connectivity index is -0.000000118. The van der Waals surface area contributed by atoms with E-state index in [1.165, 1.54) is 0 Å². The first-order valence-corrected chi connectivity index (χ1v) is 2.99. The van der Waals surface area contributed by atoms with Crippen LogP contribution in [0.1, 0.15) is 0 Å². The average Bonchev–Trinajstić information content (AvgIpc) is 2.06. The highest BCUT2D eigenvalue weighted by Crippen LogP contribution is 1.71. The molecule has 0 fully saturated rings. The number of aliphatic hydroxyl groups is 3. The molecular formula is C6H16N2O4. The average molecular weight is 180 g/mol. The Kier molecular flexibility index (Phi) is 23.5. The number of hydrogen-bond acceptors (Lipinski definition) is 4. The fourth-order valence-corrected chi connectivity index (χ4v) is 0.0577. The lowest BCUT2D eigenvalue weighted by atomic mass is 10.4. The number of urea groups is 1. The second-order valence-electron chi connectivity index (χ2n) is 1.42. The fourth-order valence-electron chi connectivity index (χ4n) is 0.0577. The summed E-state index contributed by atoms with van der Waals surface area (Å²) in [4.78, 5) is 9.00. The maximum Gasteiger partial charge on any atom is 0.309 e. The summed E-state index contributed by atoms with van der Waals surface area (Å²) in [7, 11) is 0. The van der Waals surface area contributed by atoms with Crippen LogP contribution >= 0.6 is 0 Å². The number of carbonyl (C=O) groups is 1. The van der Waals surface area contributed by atoms with Crippen molar-refractivity contribution in [2.24, 2.45) is 11.5 Å². The minimum atomic E-state index is -0.954. The van der Waals surface area contributed by atoms with Gasteiger partial charge in [0, 0.05) is 0 Å².